The molecule has 2 rings (SSSR count). The average Bonchev–Trinajstić information content (AvgIpc) is 2.82. The Morgan fingerprint density at radius 3 is 2.86 bits per heavy atom. The number of carbonyl (C=O) groups is 1. The number of nitrogens with zero attached hydrogens (tertiary/aromatic N) is 2. The second-order valence-corrected chi connectivity index (χ2v) is 6.86. The standard InChI is InChI=1S/C14H19BrFN3O3/c1-14(2,3)22-13(20)19-5-4-8(7-19)21-12-9(16)6-10(17)11(15)18-12/h6,8H,4-5,7,17H2,1-3H3/t8-/m0/s1. The lowest BCUT2D eigenvalue weighted by Crippen LogP contribution is -2.36. The molecular weight excluding hydrogens is 357 g/mol. The summed E-state index contributed by atoms with van der Waals surface area (Å²) >= 11 is 3.13. The van der Waals surface area contributed by atoms with Gasteiger partial charge >= 0.3 is 6.09 Å². The maximum Gasteiger partial charge on any atom is 0.410 e. The fraction of sp³-hybridized carbons (Fsp3) is 0.571. The van der Waals surface area contributed by atoms with Gasteiger partial charge in [-0.15, -0.1) is 0 Å². The van der Waals surface area contributed by atoms with Gasteiger partial charge in [-0.3, -0.25) is 0 Å². The molecule has 1 aliphatic heterocycles. The van der Waals surface area contributed by atoms with E-state index in [1.165, 1.54) is 0 Å². The zero-order valence-corrected chi connectivity index (χ0v) is 14.3. The average molecular weight is 376 g/mol. The fourth-order valence-electron chi connectivity index (χ4n) is 2.02. The summed E-state index contributed by atoms with van der Waals surface area (Å²) in [6.07, 6.45) is -0.141. The number of ether oxygens (including phenoxy) is 2. The number of rotatable bonds is 2. The Bertz CT molecular complexity index is 577. The molecule has 8 heteroatoms. The minimum atomic E-state index is -0.628. The molecular formula is C14H19BrFN3O3. The molecule has 2 heterocycles. The molecule has 1 aliphatic rings. The van der Waals surface area contributed by atoms with Crippen molar-refractivity contribution in [3.8, 4) is 5.88 Å². The molecule has 122 valence electrons. The van der Waals surface area contributed by atoms with Gasteiger partial charge in [-0.1, -0.05) is 0 Å². The highest BCUT2D eigenvalue weighted by molar-refractivity contribution is 9.10. The van der Waals surface area contributed by atoms with Crippen LogP contribution < -0.4 is 10.5 Å². The molecule has 1 aromatic heterocycles. The Kier molecular flexibility index (Phi) is 4.79. The van der Waals surface area contributed by atoms with Crippen LogP contribution in [0.3, 0.4) is 0 Å². The van der Waals surface area contributed by atoms with Crippen molar-refractivity contribution in [1.29, 1.82) is 0 Å². The first kappa shape index (κ1) is 16.8. The van der Waals surface area contributed by atoms with Crippen LogP contribution in [0.2, 0.25) is 0 Å². The smallest absolute Gasteiger partial charge is 0.410 e. The summed E-state index contributed by atoms with van der Waals surface area (Å²) in [6.45, 7) is 6.25. The molecule has 1 amide bonds. The summed E-state index contributed by atoms with van der Waals surface area (Å²) in [4.78, 5) is 17.4. The molecule has 1 atom stereocenters. The Hall–Kier alpha value is -1.57. The van der Waals surface area contributed by atoms with Crippen molar-refractivity contribution in [3.05, 3.63) is 16.5 Å². The number of hydrogen-bond acceptors (Lipinski definition) is 5. The van der Waals surface area contributed by atoms with Crippen molar-refractivity contribution in [1.82, 2.24) is 9.88 Å². The van der Waals surface area contributed by atoms with E-state index < -0.39 is 17.5 Å². The predicted molar refractivity (Wildman–Crippen MR) is 83.1 cm³/mol. The van der Waals surface area contributed by atoms with Gasteiger partial charge in [0.2, 0.25) is 0 Å². The lowest BCUT2D eigenvalue weighted by molar-refractivity contribution is 0.0274. The number of aromatic nitrogens is 1. The summed E-state index contributed by atoms with van der Waals surface area (Å²) in [5.74, 6) is -0.756. The van der Waals surface area contributed by atoms with Gasteiger partial charge in [0.25, 0.3) is 5.88 Å². The Morgan fingerprint density at radius 2 is 2.23 bits per heavy atom. The van der Waals surface area contributed by atoms with E-state index in [1.807, 2.05) is 0 Å². The van der Waals surface area contributed by atoms with Crippen LogP contribution in [-0.4, -0.2) is 40.8 Å². The number of nitrogen functional groups attached to an aromatic ring is 1. The van der Waals surface area contributed by atoms with Crippen LogP contribution in [0.4, 0.5) is 14.9 Å². The van der Waals surface area contributed by atoms with E-state index in [-0.39, 0.29) is 17.7 Å². The van der Waals surface area contributed by atoms with E-state index in [0.717, 1.165) is 6.07 Å². The van der Waals surface area contributed by atoms with Gasteiger partial charge in [0.15, 0.2) is 5.82 Å². The van der Waals surface area contributed by atoms with Gasteiger partial charge in [-0.05, 0) is 36.7 Å². The zero-order valence-electron chi connectivity index (χ0n) is 12.7. The molecule has 1 aromatic rings. The summed E-state index contributed by atoms with van der Waals surface area (Å²) in [7, 11) is 0. The Balaban J connectivity index is 1.97. The first-order chi connectivity index (χ1) is 10.2. The van der Waals surface area contributed by atoms with Gasteiger partial charge in [0, 0.05) is 19.0 Å². The summed E-state index contributed by atoms with van der Waals surface area (Å²) in [6, 6.07) is 1.15. The van der Waals surface area contributed by atoms with Crippen molar-refractivity contribution < 1.29 is 18.7 Å². The minimum Gasteiger partial charge on any atom is -0.470 e. The molecule has 22 heavy (non-hydrogen) atoms. The molecule has 1 saturated heterocycles. The maximum absolute atomic E-state index is 13.8. The van der Waals surface area contributed by atoms with E-state index >= 15 is 0 Å². The fourth-order valence-corrected chi connectivity index (χ4v) is 2.30. The lowest BCUT2D eigenvalue weighted by atomic mass is 10.2. The van der Waals surface area contributed by atoms with Gasteiger partial charge in [-0.25, -0.2) is 14.2 Å². The molecule has 2 N–H and O–H groups in total. The molecule has 0 aliphatic carbocycles. The van der Waals surface area contributed by atoms with E-state index in [0.29, 0.717) is 24.1 Å². The van der Waals surface area contributed by atoms with Crippen LogP contribution in [0, 0.1) is 5.82 Å². The second-order valence-electron chi connectivity index (χ2n) is 6.11. The van der Waals surface area contributed by atoms with Gasteiger partial charge in [-0.2, -0.15) is 0 Å². The largest absolute Gasteiger partial charge is 0.470 e. The van der Waals surface area contributed by atoms with Crippen LogP contribution >= 0.6 is 15.9 Å². The summed E-state index contributed by atoms with van der Waals surface area (Å²) in [5.41, 5.74) is 5.19. The van der Waals surface area contributed by atoms with Crippen molar-refractivity contribution in [2.45, 2.75) is 38.9 Å². The maximum atomic E-state index is 13.8. The first-order valence-electron chi connectivity index (χ1n) is 6.92. The third-order valence-electron chi connectivity index (χ3n) is 3.00. The van der Waals surface area contributed by atoms with Crippen LogP contribution in [0.15, 0.2) is 10.7 Å². The highest BCUT2D eigenvalue weighted by Gasteiger charge is 2.31. The van der Waals surface area contributed by atoms with Gasteiger partial charge in [0.1, 0.15) is 16.3 Å². The number of nitrogens with two attached hydrogens (primary N) is 1. The van der Waals surface area contributed by atoms with Crippen LogP contribution in [0.25, 0.3) is 0 Å². The van der Waals surface area contributed by atoms with E-state index in [4.69, 9.17) is 15.2 Å². The van der Waals surface area contributed by atoms with Crippen molar-refractivity contribution >= 4 is 27.7 Å². The lowest BCUT2D eigenvalue weighted by Gasteiger charge is -2.24. The Labute approximate surface area is 136 Å². The monoisotopic (exact) mass is 375 g/mol. The number of likely N-dealkylation sites (tertiary alicyclic amines) is 1. The van der Waals surface area contributed by atoms with Crippen molar-refractivity contribution in [3.63, 3.8) is 0 Å². The number of carbonyl (C=O) groups excluding carboxylic acids is 1. The molecule has 1 fully saturated rings. The molecule has 0 radical (unpaired) electrons. The molecule has 0 spiro atoms. The highest BCUT2D eigenvalue weighted by atomic mass is 79.9. The molecule has 0 unspecified atom stereocenters. The van der Waals surface area contributed by atoms with Crippen LogP contribution in [0.5, 0.6) is 5.88 Å². The summed E-state index contributed by atoms with van der Waals surface area (Å²) < 4.78 is 24.9. The summed E-state index contributed by atoms with van der Waals surface area (Å²) in [5, 5.41) is 0. The third-order valence-corrected chi connectivity index (χ3v) is 3.63. The number of anilines is 1. The van der Waals surface area contributed by atoms with Crippen molar-refractivity contribution in [2.24, 2.45) is 0 Å². The second kappa shape index (κ2) is 6.28. The van der Waals surface area contributed by atoms with Gasteiger partial charge in [0.05, 0.1) is 12.2 Å². The van der Waals surface area contributed by atoms with Crippen LogP contribution in [-0.2, 0) is 4.74 Å². The molecule has 0 bridgehead atoms. The van der Waals surface area contributed by atoms with Gasteiger partial charge < -0.3 is 20.1 Å². The zero-order chi connectivity index (χ0) is 16.5. The molecule has 6 nitrogen and oxygen atoms in total. The quantitative estimate of drug-likeness (QED) is 0.803. The number of hydrogen-bond donors (Lipinski definition) is 1. The predicted octanol–water partition coefficient (Wildman–Crippen LogP) is 2.95. The molecule has 0 aromatic carbocycles. The number of halogens is 2. The van der Waals surface area contributed by atoms with E-state index in [9.17, 15) is 9.18 Å². The topological polar surface area (TPSA) is 77.7 Å². The third kappa shape index (κ3) is 4.22. The highest BCUT2D eigenvalue weighted by Crippen LogP contribution is 2.26. The normalized spacial score (nSPS) is 18.4. The molecule has 0 saturated carbocycles. The van der Waals surface area contributed by atoms with Crippen LogP contribution in [0.1, 0.15) is 27.2 Å². The van der Waals surface area contributed by atoms with E-state index in [1.54, 1.807) is 25.7 Å². The minimum absolute atomic E-state index is 0.128. The van der Waals surface area contributed by atoms with E-state index in [2.05, 4.69) is 20.9 Å². The Morgan fingerprint density at radius 1 is 1.55 bits per heavy atom. The first-order valence-corrected chi connectivity index (χ1v) is 7.71. The SMILES string of the molecule is CC(C)(C)OC(=O)N1CC[C@H](Oc2nc(Br)c(N)cc2F)C1. The number of pyridine rings is 1. The van der Waals surface area contributed by atoms with Crippen molar-refractivity contribution in [2.75, 3.05) is 18.8 Å². The number of amides is 1.